The molecule has 0 radical (unpaired) electrons. The van der Waals surface area contributed by atoms with Crippen LogP contribution in [-0.4, -0.2) is 34.0 Å². The van der Waals surface area contributed by atoms with Gasteiger partial charge in [0, 0.05) is 5.56 Å². The van der Waals surface area contributed by atoms with Crippen molar-refractivity contribution >= 4 is 18.1 Å². The summed E-state index contributed by atoms with van der Waals surface area (Å²) in [5.41, 5.74) is -0.318. The molecule has 0 saturated carbocycles. The third kappa shape index (κ3) is 3.43. The van der Waals surface area contributed by atoms with E-state index >= 15 is 0 Å². The summed E-state index contributed by atoms with van der Waals surface area (Å²) < 4.78 is 5.51. The highest BCUT2D eigenvalue weighted by Crippen LogP contribution is 2.07. The lowest BCUT2D eigenvalue weighted by molar-refractivity contribution is -0.136. The SMILES string of the molecule is COC(=O)/C(=C/n1nnc(C#N)c1C#N)NC(=O)c1ccccc1. The summed E-state index contributed by atoms with van der Waals surface area (Å²) in [5, 5.41) is 27.4. The van der Waals surface area contributed by atoms with Crippen molar-refractivity contribution < 1.29 is 14.3 Å². The predicted molar refractivity (Wildman–Crippen MR) is 79.6 cm³/mol. The summed E-state index contributed by atoms with van der Waals surface area (Å²) >= 11 is 0. The highest BCUT2D eigenvalue weighted by molar-refractivity contribution is 6.02. The number of carbonyl (C=O) groups excluding carboxylic acids is 2. The second kappa shape index (κ2) is 7.33. The number of nitriles is 2. The molecule has 0 unspecified atom stereocenters. The number of hydrogen-bond acceptors (Lipinski definition) is 7. The van der Waals surface area contributed by atoms with Crippen molar-refractivity contribution in [2.75, 3.05) is 7.11 Å². The Morgan fingerprint density at radius 2 is 1.96 bits per heavy atom. The highest BCUT2D eigenvalue weighted by Gasteiger charge is 2.18. The molecular weight excluding hydrogens is 312 g/mol. The number of carbonyl (C=O) groups is 2. The van der Waals surface area contributed by atoms with Crippen LogP contribution in [0.15, 0.2) is 36.0 Å². The number of ether oxygens (including phenoxy) is 1. The number of hydrogen-bond donors (Lipinski definition) is 1. The van der Waals surface area contributed by atoms with E-state index in [1.165, 1.54) is 0 Å². The monoisotopic (exact) mass is 322 g/mol. The third-order valence-corrected chi connectivity index (χ3v) is 2.85. The van der Waals surface area contributed by atoms with E-state index in [4.69, 9.17) is 10.5 Å². The van der Waals surface area contributed by atoms with Gasteiger partial charge in [-0.1, -0.05) is 23.4 Å². The van der Waals surface area contributed by atoms with Crippen molar-refractivity contribution in [1.82, 2.24) is 20.3 Å². The number of nitrogens with zero attached hydrogens (tertiary/aromatic N) is 5. The summed E-state index contributed by atoms with van der Waals surface area (Å²) in [4.78, 5) is 24.0. The number of aromatic nitrogens is 3. The van der Waals surface area contributed by atoms with Gasteiger partial charge in [-0.15, -0.1) is 5.10 Å². The number of methoxy groups -OCH3 is 1. The molecule has 1 N–H and O–H groups in total. The largest absolute Gasteiger partial charge is 0.464 e. The Morgan fingerprint density at radius 1 is 1.25 bits per heavy atom. The van der Waals surface area contributed by atoms with Crippen molar-refractivity contribution in [1.29, 1.82) is 10.5 Å². The Hall–Kier alpha value is -3.98. The van der Waals surface area contributed by atoms with Gasteiger partial charge in [0.15, 0.2) is 5.69 Å². The molecule has 2 aromatic rings. The molecular formula is C15H10N6O3. The van der Waals surface area contributed by atoms with Crippen molar-refractivity contribution in [3.8, 4) is 12.1 Å². The lowest BCUT2D eigenvalue weighted by Gasteiger charge is -2.08. The molecule has 0 aliphatic rings. The summed E-state index contributed by atoms with van der Waals surface area (Å²) in [5.74, 6) is -1.40. The molecule has 0 atom stereocenters. The Bertz CT molecular complexity index is 886. The fraction of sp³-hybridized carbons (Fsp3) is 0.0667. The number of nitrogens with one attached hydrogen (secondary N) is 1. The van der Waals surface area contributed by atoms with Crippen LogP contribution < -0.4 is 5.32 Å². The Labute approximate surface area is 136 Å². The first-order chi connectivity index (χ1) is 11.6. The summed E-state index contributed by atoms with van der Waals surface area (Å²) in [6.07, 6.45) is 1.05. The minimum absolute atomic E-state index is 0.173. The quantitative estimate of drug-likeness (QED) is 0.637. The Kier molecular flexibility index (Phi) is 5.01. The van der Waals surface area contributed by atoms with E-state index in [0.717, 1.165) is 18.0 Å². The van der Waals surface area contributed by atoms with Crippen molar-refractivity contribution in [3.63, 3.8) is 0 Å². The lowest BCUT2D eigenvalue weighted by Crippen LogP contribution is -2.28. The first-order valence-corrected chi connectivity index (χ1v) is 6.52. The first-order valence-electron chi connectivity index (χ1n) is 6.52. The molecule has 24 heavy (non-hydrogen) atoms. The molecule has 1 aromatic heterocycles. The van der Waals surface area contributed by atoms with Crippen LogP contribution in [0, 0.1) is 22.7 Å². The molecule has 9 nitrogen and oxygen atoms in total. The van der Waals surface area contributed by atoms with Crippen LogP contribution in [0.5, 0.6) is 0 Å². The van der Waals surface area contributed by atoms with E-state index < -0.39 is 11.9 Å². The van der Waals surface area contributed by atoms with Crippen LogP contribution in [0.1, 0.15) is 21.7 Å². The Balaban J connectivity index is 2.38. The second-order valence-corrected chi connectivity index (χ2v) is 4.31. The summed E-state index contributed by atoms with van der Waals surface area (Å²) in [6.45, 7) is 0. The average Bonchev–Trinajstić information content (AvgIpc) is 3.02. The van der Waals surface area contributed by atoms with Crippen LogP contribution in [0.4, 0.5) is 0 Å². The normalized spacial score (nSPS) is 10.4. The molecule has 0 aliphatic heterocycles. The van der Waals surface area contributed by atoms with Crippen LogP contribution >= 0.6 is 0 Å². The van der Waals surface area contributed by atoms with E-state index in [9.17, 15) is 9.59 Å². The fourth-order valence-electron chi connectivity index (χ4n) is 1.72. The van der Waals surface area contributed by atoms with Crippen LogP contribution in [0.25, 0.3) is 6.20 Å². The average molecular weight is 322 g/mol. The maximum absolute atomic E-state index is 12.2. The first kappa shape index (κ1) is 16.4. The van der Waals surface area contributed by atoms with Gasteiger partial charge in [-0.25, -0.2) is 9.48 Å². The molecule has 0 aliphatic carbocycles. The number of rotatable bonds is 4. The predicted octanol–water partition coefficient (Wildman–Crippen LogP) is 0.423. The number of benzene rings is 1. The number of esters is 1. The molecule has 1 amide bonds. The van der Waals surface area contributed by atoms with Gasteiger partial charge >= 0.3 is 5.97 Å². The minimum atomic E-state index is -0.850. The Morgan fingerprint density at radius 3 is 2.54 bits per heavy atom. The van der Waals surface area contributed by atoms with E-state index in [2.05, 4.69) is 20.4 Å². The van der Waals surface area contributed by atoms with Crippen LogP contribution in [0.2, 0.25) is 0 Å². The third-order valence-electron chi connectivity index (χ3n) is 2.85. The maximum Gasteiger partial charge on any atom is 0.356 e. The molecule has 0 saturated heterocycles. The standard InChI is InChI=1S/C15H10N6O3/c1-24-15(23)12(18-14(22)10-5-3-2-4-6-10)9-21-13(8-17)11(7-16)19-20-21/h2-6,9H,1H3,(H,18,22)/b12-9-. The van der Waals surface area contributed by atoms with Crippen LogP contribution in [0.3, 0.4) is 0 Å². The van der Waals surface area contributed by atoms with Crippen LogP contribution in [-0.2, 0) is 9.53 Å². The van der Waals surface area contributed by atoms with Gasteiger partial charge in [-0.2, -0.15) is 10.5 Å². The summed E-state index contributed by atoms with van der Waals surface area (Å²) in [7, 11) is 1.14. The molecule has 0 spiro atoms. The van der Waals surface area contributed by atoms with Gasteiger partial charge < -0.3 is 10.1 Å². The maximum atomic E-state index is 12.2. The minimum Gasteiger partial charge on any atom is -0.464 e. The second-order valence-electron chi connectivity index (χ2n) is 4.31. The zero-order valence-electron chi connectivity index (χ0n) is 12.4. The zero-order chi connectivity index (χ0) is 17.5. The molecule has 0 bridgehead atoms. The molecule has 1 aromatic carbocycles. The van der Waals surface area contributed by atoms with Gasteiger partial charge in [0.05, 0.1) is 13.3 Å². The van der Waals surface area contributed by atoms with Gasteiger partial charge in [0.2, 0.25) is 5.69 Å². The summed E-state index contributed by atoms with van der Waals surface area (Å²) in [6, 6.07) is 11.7. The molecule has 2 rings (SSSR count). The van der Waals surface area contributed by atoms with Crippen molar-refractivity contribution in [2.24, 2.45) is 0 Å². The number of amides is 1. The zero-order valence-corrected chi connectivity index (χ0v) is 12.4. The van der Waals surface area contributed by atoms with Gasteiger partial charge in [-0.05, 0) is 12.1 Å². The smallest absolute Gasteiger partial charge is 0.356 e. The van der Waals surface area contributed by atoms with Gasteiger partial charge in [0.1, 0.15) is 17.8 Å². The highest BCUT2D eigenvalue weighted by atomic mass is 16.5. The van der Waals surface area contributed by atoms with Crippen molar-refractivity contribution in [2.45, 2.75) is 0 Å². The molecule has 0 fully saturated rings. The van der Waals surface area contributed by atoms with E-state index in [1.54, 1.807) is 42.5 Å². The van der Waals surface area contributed by atoms with E-state index in [1.807, 2.05) is 0 Å². The van der Waals surface area contributed by atoms with E-state index in [0.29, 0.717) is 5.56 Å². The van der Waals surface area contributed by atoms with Gasteiger partial charge in [0.25, 0.3) is 5.91 Å². The lowest BCUT2D eigenvalue weighted by atomic mass is 10.2. The van der Waals surface area contributed by atoms with Gasteiger partial charge in [-0.3, -0.25) is 4.79 Å². The topological polar surface area (TPSA) is 134 Å². The molecule has 9 heteroatoms. The molecule has 118 valence electrons. The van der Waals surface area contributed by atoms with Crippen molar-refractivity contribution in [3.05, 3.63) is 53.0 Å². The molecule has 1 heterocycles. The van der Waals surface area contributed by atoms with E-state index in [-0.39, 0.29) is 17.1 Å². The fourth-order valence-corrected chi connectivity index (χ4v) is 1.72.